The molecule has 3 amide bonds. The minimum absolute atomic E-state index is 0.0705. The van der Waals surface area contributed by atoms with Crippen LogP contribution in [-0.2, 0) is 6.42 Å². The first-order chi connectivity index (χ1) is 13.5. The molecule has 0 aliphatic carbocycles. The predicted octanol–water partition coefficient (Wildman–Crippen LogP) is 1.59. The third-order valence-electron chi connectivity index (χ3n) is 4.39. The summed E-state index contributed by atoms with van der Waals surface area (Å²) in [5, 5.41) is 17.9. The second kappa shape index (κ2) is 10.9. The number of carbonyl (C=O) groups excluding carboxylic acids is 2. The van der Waals surface area contributed by atoms with Gasteiger partial charge in [-0.25, -0.2) is 4.79 Å². The number of amides is 3. The summed E-state index contributed by atoms with van der Waals surface area (Å²) in [4.78, 5) is 26.0. The number of likely N-dealkylation sites (N-methyl/N-ethyl adjacent to an activating group) is 1. The number of rotatable bonds is 9. The molecular weight excluding hydrogens is 356 g/mol. The monoisotopic (exact) mass is 384 g/mol. The number of carbonyl (C=O) groups is 2. The van der Waals surface area contributed by atoms with Crippen molar-refractivity contribution in [3.8, 4) is 5.75 Å². The lowest BCUT2D eigenvalue weighted by Gasteiger charge is -2.25. The van der Waals surface area contributed by atoms with E-state index in [1.54, 1.807) is 18.2 Å². The molecule has 0 aliphatic heterocycles. The Morgan fingerprint density at radius 3 is 2.25 bits per heavy atom. The zero-order valence-electron chi connectivity index (χ0n) is 16.3. The summed E-state index contributed by atoms with van der Waals surface area (Å²) in [6, 6.07) is 16.4. The highest BCUT2D eigenvalue weighted by molar-refractivity contribution is 5.96. The van der Waals surface area contributed by atoms with Crippen LogP contribution in [0.5, 0.6) is 5.75 Å². The van der Waals surface area contributed by atoms with Gasteiger partial charge in [-0.15, -0.1) is 0 Å². The lowest BCUT2D eigenvalue weighted by molar-refractivity contribution is 0.0951. The van der Waals surface area contributed by atoms with Crippen LogP contribution < -0.4 is 16.0 Å². The molecule has 0 saturated heterocycles. The number of para-hydroxylation sites is 1. The van der Waals surface area contributed by atoms with E-state index in [1.165, 1.54) is 11.6 Å². The van der Waals surface area contributed by atoms with E-state index in [-0.39, 0.29) is 42.4 Å². The van der Waals surface area contributed by atoms with Crippen molar-refractivity contribution in [1.82, 2.24) is 20.9 Å². The SMILES string of the molecule is CN(C)C(CNC(=O)NCCNC(=O)c1ccccc1O)Cc1ccccc1. The van der Waals surface area contributed by atoms with Gasteiger partial charge in [0.1, 0.15) is 5.75 Å². The Hall–Kier alpha value is -3.06. The summed E-state index contributed by atoms with van der Waals surface area (Å²) >= 11 is 0. The van der Waals surface area contributed by atoms with Crippen LogP contribution in [-0.4, -0.2) is 61.7 Å². The van der Waals surface area contributed by atoms with Gasteiger partial charge >= 0.3 is 6.03 Å². The molecule has 0 bridgehead atoms. The quantitative estimate of drug-likeness (QED) is 0.494. The van der Waals surface area contributed by atoms with Gasteiger partial charge in [0.2, 0.25) is 0 Å². The first-order valence-electron chi connectivity index (χ1n) is 9.25. The molecule has 0 aliphatic rings. The second-order valence-corrected chi connectivity index (χ2v) is 6.72. The largest absolute Gasteiger partial charge is 0.507 e. The van der Waals surface area contributed by atoms with E-state index >= 15 is 0 Å². The molecule has 2 aromatic carbocycles. The van der Waals surface area contributed by atoms with Gasteiger partial charge < -0.3 is 26.0 Å². The Labute approximate surface area is 165 Å². The molecule has 0 radical (unpaired) electrons. The fourth-order valence-electron chi connectivity index (χ4n) is 2.71. The number of hydrogen-bond donors (Lipinski definition) is 4. The molecule has 7 nitrogen and oxygen atoms in total. The predicted molar refractivity (Wildman–Crippen MR) is 109 cm³/mol. The molecular formula is C21H28N4O3. The summed E-state index contributed by atoms with van der Waals surface area (Å²) in [6.45, 7) is 1.07. The van der Waals surface area contributed by atoms with Crippen molar-refractivity contribution in [2.24, 2.45) is 0 Å². The van der Waals surface area contributed by atoms with E-state index in [9.17, 15) is 14.7 Å². The van der Waals surface area contributed by atoms with Crippen molar-refractivity contribution in [3.63, 3.8) is 0 Å². The molecule has 150 valence electrons. The van der Waals surface area contributed by atoms with Crippen molar-refractivity contribution < 1.29 is 14.7 Å². The van der Waals surface area contributed by atoms with Crippen molar-refractivity contribution in [2.45, 2.75) is 12.5 Å². The summed E-state index contributed by atoms with van der Waals surface area (Å²) in [5.41, 5.74) is 1.43. The number of phenolic OH excluding ortho intramolecular Hbond substituents is 1. The first-order valence-corrected chi connectivity index (χ1v) is 9.25. The van der Waals surface area contributed by atoms with Gasteiger partial charge in [-0.3, -0.25) is 4.79 Å². The van der Waals surface area contributed by atoms with E-state index in [2.05, 4.69) is 33.0 Å². The average Bonchev–Trinajstić information content (AvgIpc) is 2.69. The van der Waals surface area contributed by atoms with Crippen molar-refractivity contribution in [1.29, 1.82) is 0 Å². The Balaban J connectivity index is 1.68. The van der Waals surface area contributed by atoms with E-state index < -0.39 is 0 Å². The van der Waals surface area contributed by atoms with E-state index in [1.807, 2.05) is 32.3 Å². The highest BCUT2D eigenvalue weighted by Crippen LogP contribution is 2.14. The Morgan fingerprint density at radius 2 is 1.57 bits per heavy atom. The summed E-state index contributed by atoms with van der Waals surface area (Å²) < 4.78 is 0. The minimum atomic E-state index is -0.379. The van der Waals surface area contributed by atoms with Crippen LogP contribution in [0.3, 0.4) is 0 Å². The number of nitrogens with zero attached hydrogens (tertiary/aromatic N) is 1. The molecule has 0 aromatic heterocycles. The smallest absolute Gasteiger partial charge is 0.314 e. The molecule has 0 fully saturated rings. The Bertz CT molecular complexity index is 765. The number of hydrogen-bond acceptors (Lipinski definition) is 4. The first kappa shape index (κ1) is 21.2. The van der Waals surface area contributed by atoms with Crippen LogP contribution >= 0.6 is 0 Å². The molecule has 7 heteroatoms. The molecule has 0 saturated carbocycles. The van der Waals surface area contributed by atoms with Crippen LogP contribution in [0.1, 0.15) is 15.9 Å². The third kappa shape index (κ3) is 6.92. The number of aromatic hydroxyl groups is 1. The van der Waals surface area contributed by atoms with Gasteiger partial charge in [-0.05, 0) is 38.2 Å². The maximum Gasteiger partial charge on any atom is 0.314 e. The fourth-order valence-corrected chi connectivity index (χ4v) is 2.71. The fraction of sp³-hybridized carbons (Fsp3) is 0.333. The van der Waals surface area contributed by atoms with Crippen LogP contribution in [0.2, 0.25) is 0 Å². The number of urea groups is 1. The zero-order chi connectivity index (χ0) is 20.4. The van der Waals surface area contributed by atoms with Gasteiger partial charge in [-0.2, -0.15) is 0 Å². The third-order valence-corrected chi connectivity index (χ3v) is 4.39. The highest BCUT2D eigenvalue weighted by atomic mass is 16.3. The topological polar surface area (TPSA) is 93.7 Å². The highest BCUT2D eigenvalue weighted by Gasteiger charge is 2.14. The Kier molecular flexibility index (Phi) is 8.30. The van der Waals surface area contributed by atoms with Gasteiger partial charge in [0.25, 0.3) is 5.91 Å². The number of benzene rings is 2. The number of nitrogens with one attached hydrogen (secondary N) is 3. The maximum absolute atomic E-state index is 12.0. The second-order valence-electron chi connectivity index (χ2n) is 6.72. The van der Waals surface area contributed by atoms with Crippen molar-refractivity contribution in [2.75, 3.05) is 33.7 Å². The molecule has 0 heterocycles. The van der Waals surface area contributed by atoms with Crippen LogP contribution in [0.15, 0.2) is 54.6 Å². The van der Waals surface area contributed by atoms with Crippen LogP contribution in [0, 0.1) is 0 Å². The van der Waals surface area contributed by atoms with E-state index in [0.717, 1.165) is 6.42 Å². The van der Waals surface area contributed by atoms with E-state index in [0.29, 0.717) is 6.54 Å². The molecule has 2 rings (SSSR count). The van der Waals surface area contributed by atoms with Crippen LogP contribution in [0.25, 0.3) is 0 Å². The van der Waals surface area contributed by atoms with Crippen LogP contribution in [0.4, 0.5) is 4.79 Å². The average molecular weight is 384 g/mol. The summed E-state index contributed by atoms with van der Waals surface area (Å²) in [6.07, 6.45) is 0.838. The number of phenols is 1. The van der Waals surface area contributed by atoms with Gasteiger partial charge in [-0.1, -0.05) is 42.5 Å². The molecule has 1 atom stereocenters. The lowest BCUT2D eigenvalue weighted by atomic mass is 10.1. The van der Waals surface area contributed by atoms with Gasteiger partial charge in [0, 0.05) is 25.7 Å². The summed E-state index contributed by atoms with van der Waals surface area (Å²) in [5.74, 6) is -0.449. The normalized spacial score (nSPS) is 11.7. The maximum atomic E-state index is 12.0. The summed E-state index contributed by atoms with van der Waals surface area (Å²) in [7, 11) is 3.98. The van der Waals surface area contributed by atoms with E-state index in [4.69, 9.17) is 0 Å². The van der Waals surface area contributed by atoms with Crippen molar-refractivity contribution in [3.05, 3.63) is 65.7 Å². The Morgan fingerprint density at radius 1 is 0.929 bits per heavy atom. The standard InChI is InChI=1S/C21H28N4O3/c1-25(2)17(14-16-8-4-3-5-9-16)15-24-21(28)23-13-12-22-20(27)18-10-6-7-11-19(18)26/h3-11,17,26H,12-15H2,1-2H3,(H,22,27)(H2,23,24,28). The van der Waals surface area contributed by atoms with Crippen molar-refractivity contribution >= 4 is 11.9 Å². The molecule has 1 unspecified atom stereocenters. The molecule has 28 heavy (non-hydrogen) atoms. The van der Waals surface area contributed by atoms with Gasteiger partial charge in [0.15, 0.2) is 0 Å². The van der Waals surface area contributed by atoms with Gasteiger partial charge in [0.05, 0.1) is 5.56 Å². The molecule has 4 N–H and O–H groups in total. The molecule has 2 aromatic rings. The molecule has 0 spiro atoms. The lowest BCUT2D eigenvalue weighted by Crippen LogP contribution is -2.46. The zero-order valence-corrected chi connectivity index (χ0v) is 16.3. The minimum Gasteiger partial charge on any atom is -0.507 e.